The second-order valence-corrected chi connectivity index (χ2v) is 5.47. The number of hydrogen-bond donors (Lipinski definition) is 2. The van der Waals surface area contributed by atoms with E-state index in [0.717, 1.165) is 35.1 Å². The quantitative estimate of drug-likeness (QED) is 0.689. The number of aromatic nitrogens is 2. The van der Waals surface area contributed by atoms with Crippen molar-refractivity contribution >= 4 is 28.4 Å². The molecule has 1 aromatic heterocycles. The molecule has 0 bridgehead atoms. The van der Waals surface area contributed by atoms with Gasteiger partial charge in [-0.25, -0.2) is 9.97 Å². The van der Waals surface area contributed by atoms with Crippen molar-refractivity contribution in [1.82, 2.24) is 9.97 Å². The Labute approximate surface area is 144 Å². The lowest BCUT2D eigenvalue weighted by molar-refractivity contribution is 0.921. The van der Waals surface area contributed by atoms with Gasteiger partial charge in [-0.05, 0) is 42.7 Å². The number of nitrogen functional groups attached to an aromatic ring is 1. The molecule has 24 heavy (non-hydrogen) atoms. The van der Waals surface area contributed by atoms with E-state index in [1.54, 1.807) is 0 Å². The van der Waals surface area contributed by atoms with Crippen LogP contribution in [0.3, 0.4) is 0 Å². The molecule has 2 aromatic carbocycles. The molecular weight excluding hydrogens is 296 g/mol. The van der Waals surface area contributed by atoms with Crippen molar-refractivity contribution in [3.8, 4) is 0 Å². The fraction of sp³-hybridized carbons (Fsp3) is 0.300. The number of aryl methyl sites for hydroxylation is 2. The van der Waals surface area contributed by atoms with Gasteiger partial charge in [0.15, 0.2) is 11.6 Å². The van der Waals surface area contributed by atoms with Crippen molar-refractivity contribution in [2.45, 2.75) is 40.5 Å². The molecule has 0 saturated carbocycles. The highest BCUT2D eigenvalue weighted by molar-refractivity contribution is 5.81. The molecule has 4 nitrogen and oxygen atoms in total. The van der Waals surface area contributed by atoms with Crippen LogP contribution in [0.5, 0.6) is 0 Å². The summed E-state index contributed by atoms with van der Waals surface area (Å²) in [4.78, 5) is 9.00. The number of benzene rings is 2. The van der Waals surface area contributed by atoms with E-state index in [0.29, 0.717) is 11.6 Å². The zero-order valence-electron chi connectivity index (χ0n) is 14.9. The molecule has 0 saturated heterocycles. The second kappa shape index (κ2) is 8.29. The Morgan fingerprint density at radius 3 is 2.33 bits per heavy atom. The minimum atomic E-state index is 0.416. The van der Waals surface area contributed by atoms with Crippen LogP contribution in [-0.2, 0) is 6.42 Å². The van der Waals surface area contributed by atoms with Crippen LogP contribution in [0.4, 0.5) is 17.3 Å². The van der Waals surface area contributed by atoms with Gasteiger partial charge in [-0.1, -0.05) is 51.5 Å². The number of nitrogens with one attached hydrogen (secondary N) is 1. The molecule has 1 heterocycles. The van der Waals surface area contributed by atoms with Crippen LogP contribution < -0.4 is 11.1 Å². The summed E-state index contributed by atoms with van der Waals surface area (Å²) in [7, 11) is 0. The molecule has 3 N–H and O–H groups in total. The van der Waals surface area contributed by atoms with Gasteiger partial charge < -0.3 is 11.1 Å². The lowest BCUT2D eigenvalue weighted by Crippen LogP contribution is -2.03. The first-order valence-electron chi connectivity index (χ1n) is 8.56. The van der Waals surface area contributed by atoms with Crippen molar-refractivity contribution in [1.29, 1.82) is 0 Å². The average molecular weight is 322 g/mol. The number of hydrogen-bond acceptors (Lipinski definition) is 4. The summed E-state index contributed by atoms with van der Waals surface area (Å²) in [6, 6.07) is 14.2. The summed E-state index contributed by atoms with van der Waals surface area (Å²) in [5.74, 6) is 1.02. The zero-order valence-corrected chi connectivity index (χ0v) is 14.9. The first-order chi connectivity index (χ1) is 11.7. The molecule has 3 rings (SSSR count). The molecule has 3 aromatic rings. The largest absolute Gasteiger partial charge is 0.381 e. The molecule has 0 aliphatic carbocycles. The van der Waals surface area contributed by atoms with Gasteiger partial charge in [0.25, 0.3) is 0 Å². The number of nitrogens with two attached hydrogens (primary N) is 1. The number of rotatable bonds is 4. The highest BCUT2D eigenvalue weighted by Gasteiger charge is 2.08. The van der Waals surface area contributed by atoms with Gasteiger partial charge in [0.2, 0.25) is 0 Å². The van der Waals surface area contributed by atoms with Gasteiger partial charge in [-0.15, -0.1) is 0 Å². The van der Waals surface area contributed by atoms with Crippen LogP contribution in [0.15, 0.2) is 42.5 Å². The van der Waals surface area contributed by atoms with Gasteiger partial charge in [-0.3, -0.25) is 0 Å². The van der Waals surface area contributed by atoms with Crippen LogP contribution in [0, 0.1) is 6.92 Å². The molecule has 126 valence electrons. The summed E-state index contributed by atoms with van der Waals surface area (Å²) >= 11 is 0. The number of nitrogens with zero attached hydrogens (tertiary/aromatic N) is 2. The van der Waals surface area contributed by atoms with Gasteiger partial charge in [0.05, 0.1) is 11.0 Å². The Bertz CT molecular complexity index is 812. The molecule has 0 aliphatic rings. The van der Waals surface area contributed by atoms with Crippen molar-refractivity contribution < 1.29 is 0 Å². The van der Waals surface area contributed by atoms with Crippen LogP contribution in [-0.4, -0.2) is 9.97 Å². The predicted molar refractivity (Wildman–Crippen MR) is 104 cm³/mol. The SMILES string of the molecule is CC.CCCc1ccc(C)c(Nc2nc3ccccc3nc2N)c1. The van der Waals surface area contributed by atoms with Crippen LogP contribution in [0.25, 0.3) is 11.0 Å². The van der Waals surface area contributed by atoms with E-state index in [-0.39, 0.29) is 0 Å². The lowest BCUT2D eigenvalue weighted by atomic mass is 10.1. The monoisotopic (exact) mass is 322 g/mol. The van der Waals surface area contributed by atoms with E-state index in [1.165, 1.54) is 5.56 Å². The standard InChI is InChI=1S/C18H20N4.C2H6/c1-3-6-13-10-9-12(2)16(11-13)22-18-17(19)20-14-7-4-5-8-15(14)21-18;1-2/h4-5,7-11H,3,6H2,1-2H3,(H2,19,20)(H,21,22);1-2H3. The molecular formula is C20H26N4. The highest BCUT2D eigenvalue weighted by atomic mass is 15.1. The maximum absolute atomic E-state index is 6.05. The van der Waals surface area contributed by atoms with Crippen LogP contribution in [0.2, 0.25) is 0 Å². The van der Waals surface area contributed by atoms with E-state index in [1.807, 2.05) is 38.1 Å². The van der Waals surface area contributed by atoms with Crippen LogP contribution in [0.1, 0.15) is 38.3 Å². The summed E-state index contributed by atoms with van der Waals surface area (Å²) in [6.45, 7) is 8.25. The fourth-order valence-corrected chi connectivity index (χ4v) is 2.48. The molecule has 0 amide bonds. The average Bonchev–Trinajstić information content (AvgIpc) is 2.60. The molecule has 0 spiro atoms. The third-order valence-corrected chi connectivity index (χ3v) is 3.69. The predicted octanol–water partition coefficient (Wildman–Crippen LogP) is 5.24. The summed E-state index contributed by atoms with van der Waals surface area (Å²) < 4.78 is 0. The smallest absolute Gasteiger partial charge is 0.174 e. The molecule has 0 radical (unpaired) electrons. The highest BCUT2D eigenvalue weighted by Crippen LogP contribution is 2.25. The molecule has 0 unspecified atom stereocenters. The van der Waals surface area contributed by atoms with Gasteiger partial charge in [0.1, 0.15) is 0 Å². The maximum Gasteiger partial charge on any atom is 0.174 e. The molecule has 0 atom stereocenters. The fourth-order valence-electron chi connectivity index (χ4n) is 2.48. The minimum Gasteiger partial charge on any atom is -0.381 e. The van der Waals surface area contributed by atoms with Gasteiger partial charge >= 0.3 is 0 Å². The summed E-state index contributed by atoms with van der Waals surface area (Å²) in [5.41, 5.74) is 11.2. The van der Waals surface area contributed by atoms with Crippen molar-refractivity contribution in [2.24, 2.45) is 0 Å². The lowest BCUT2D eigenvalue weighted by Gasteiger charge is -2.12. The maximum atomic E-state index is 6.05. The Morgan fingerprint density at radius 2 is 1.67 bits per heavy atom. The molecule has 0 fully saturated rings. The Morgan fingerprint density at radius 1 is 1.00 bits per heavy atom. The van der Waals surface area contributed by atoms with E-state index in [4.69, 9.17) is 5.73 Å². The topological polar surface area (TPSA) is 63.8 Å². The van der Waals surface area contributed by atoms with Crippen LogP contribution >= 0.6 is 0 Å². The summed E-state index contributed by atoms with van der Waals surface area (Å²) in [6.07, 6.45) is 2.19. The van der Waals surface area contributed by atoms with Gasteiger partial charge in [0, 0.05) is 5.69 Å². The third kappa shape index (κ3) is 4.02. The second-order valence-electron chi connectivity index (χ2n) is 5.47. The number of anilines is 3. The molecule has 0 aliphatic heterocycles. The van der Waals surface area contributed by atoms with Gasteiger partial charge in [-0.2, -0.15) is 0 Å². The first kappa shape index (κ1) is 17.7. The Balaban J connectivity index is 0.00000100. The molecule has 4 heteroatoms. The minimum absolute atomic E-state index is 0.416. The van der Waals surface area contributed by atoms with Crippen molar-refractivity contribution in [2.75, 3.05) is 11.1 Å². The Hall–Kier alpha value is -2.62. The van der Waals surface area contributed by atoms with Crippen molar-refractivity contribution in [3.63, 3.8) is 0 Å². The summed E-state index contributed by atoms with van der Waals surface area (Å²) in [5, 5.41) is 3.33. The number of fused-ring (bicyclic) bond motifs is 1. The van der Waals surface area contributed by atoms with E-state index < -0.39 is 0 Å². The first-order valence-corrected chi connectivity index (χ1v) is 8.56. The third-order valence-electron chi connectivity index (χ3n) is 3.69. The normalized spacial score (nSPS) is 10.2. The van der Waals surface area contributed by atoms with E-state index in [9.17, 15) is 0 Å². The van der Waals surface area contributed by atoms with E-state index in [2.05, 4.69) is 47.3 Å². The van der Waals surface area contributed by atoms with Crippen molar-refractivity contribution in [3.05, 3.63) is 53.6 Å². The van der Waals surface area contributed by atoms with E-state index >= 15 is 0 Å². The Kier molecular flexibility index (Phi) is 6.13. The zero-order chi connectivity index (χ0) is 17.5. The number of para-hydroxylation sites is 2.